The summed E-state index contributed by atoms with van der Waals surface area (Å²) in [6, 6.07) is 9.03. The smallest absolute Gasteiger partial charge is 0.226 e. The van der Waals surface area contributed by atoms with Crippen molar-refractivity contribution < 1.29 is 18.4 Å². The van der Waals surface area contributed by atoms with Crippen molar-refractivity contribution in [2.24, 2.45) is 0 Å². The van der Waals surface area contributed by atoms with Gasteiger partial charge in [-0.2, -0.15) is 0 Å². The number of nitrogens with zero attached hydrogens (tertiary/aromatic N) is 1. The number of hydrogen-bond donors (Lipinski definition) is 1. The van der Waals surface area contributed by atoms with Crippen molar-refractivity contribution in [3.8, 4) is 0 Å². The van der Waals surface area contributed by atoms with Crippen LogP contribution in [0, 0.1) is 25.5 Å². The molecule has 0 saturated carbocycles. The second-order valence-corrected chi connectivity index (χ2v) is 5.86. The number of benzene rings is 2. The molecule has 0 aromatic heterocycles. The van der Waals surface area contributed by atoms with Crippen LogP contribution >= 0.6 is 0 Å². The van der Waals surface area contributed by atoms with E-state index in [9.17, 15) is 18.4 Å². The van der Waals surface area contributed by atoms with Crippen LogP contribution in [0.3, 0.4) is 0 Å². The van der Waals surface area contributed by atoms with Gasteiger partial charge in [0, 0.05) is 25.6 Å². The van der Waals surface area contributed by atoms with Gasteiger partial charge in [0.05, 0.1) is 0 Å². The molecule has 0 aliphatic carbocycles. The molecule has 2 aromatic carbocycles. The highest BCUT2D eigenvalue weighted by atomic mass is 19.1. The highest BCUT2D eigenvalue weighted by Gasteiger charge is 2.21. The number of carbonyl (C=O) groups is 2. The van der Waals surface area contributed by atoms with Crippen LogP contribution in [0.15, 0.2) is 36.4 Å². The summed E-state index contributed by atoms with van der Waals surface area (Å²) in [5.41, 5.74) is 2.15. The van der Waals surface area contributed by atoms with Gasteiger partial charge in [-0.05, 0) is 43.2 Å². The molecule has 2 amide bonds. The fourth-order valence-corrected chi connectivity index (χ4v) is 2.47. The number of anilines is 2. The van der Waals surface area contributed by atoms with Crippen molar-refractivity contribution in [2.45, 2.75) is 27.2 Å². The summed E-state index contributed by atoms with van der Waals surface area (Å²) < 4.78 is 27.8. The second-order valence-electron chi connectivity index (χ2n) is 5.86. The summed E-state index contributed by atoms with van der Waals surface area (Å²) >= 11 is 0. The standard InChI is InChI=1S/C19H20F2N2O2/c1-12-7-8-13(2)17(11-12)22-18(25)9-10-23(14(3)24)19-15(20)5-4-6-16(19)21/h4-8,11H,9-10H2,1-3H3,(H,22,25). The molecule has 0 atom stereocenters. The zero-order chi connectivity index (χ0) is 18.6. The van der Waals surface area contributed by atoms with Crippen LogP contribution in [0.5, 0.6) is 0 Å². The van der Waals surface area contributed by atoms with Crippen LogP contribution in [-0.2, 0) is 9.59 Å². The number of nitrogens with one attached hydrogen (secondary N) is 1. The van der Waals surface area contributed by atoms with Crippen LogP contribution in [0.1, 0.15) is 24.5 Å². The van der Waals surface area contributed by atoms with Crippen molar-refractivity contribution in [3.63, 3.8) is 0 Å². The Morgan fingerprint density at radius 2 is 1.72 bits per heavy atom. The highest BCUT2D eigenvalue weighted by Crippen LogP contribution is 2.24. The summed E-state index contributed by atoms with van der Waals surface area (Å²) in [5, 5.41) is 2.76. The molecule has 0 saturated heterocycles. The lowest BCUT2D eigenvalue weighted by atomic mass is 10.1. The molecule has 132 valence electrons. The molecule has 2 rings (SSSR count). The Hall–Kier alpha value is -2.76. The number of halogens is 2. The van der Waals surface area contributed by atoms with E-state index in [2.05, 4.69) is 5.32 Å². The summed E-state index contributed by atoms with van der Waals surface area (Å²) in [6.45, 7) is 4.86. The van der Waals surface area contributed by atoms with Crippen LogP contribution in [-0.4, -0.2) is 18.4 Å². The van der Waals surface area contributed by atoms with Gasteiger partial charge in [-0.1, -0.05) is 18.2 Å². The van der Waals surface area contributed by atoms with Gasteiger partial charge in [0.25, 0.3) is 0 Å². The number of amides is 2. The second kappa shape index (κ2) is 7.88. The minimum Gasteiger partial charge on any atom is -0.326 e. The lowest BCUT2D eigenvalue weighted by molar-refractivity contribution is -0.117. The molecular formula is C19H20F2N2O2. The fourth-order valence-electron chi connectivity index (χ4n) is 2.47. The summed E-state index contributed by atoms with van der Waals surface area (Å²) in [5.74, 6) is -2.56. The van der Waals surface area contributed by atoms with Crippen molar-refractivity contribution in [1.29, 1.82) is 0 Å². The molecule has 25 heavy (non-hydrogen) atoms. The zero-order valence-corrected chi connectivity index (χ0v) is 14.4. The maximum absolute atomic E-state index is 13.9. The lowest BCUT2D eigenvalue weighted by Gasteiger charge is -2.22. The van der Waals surface area contributed by atoms with Gasteiger partial charge in [0.1, 0.15) is 17.3 Å². The molecule has 0 fully saturated rings. The molecule has 0 spiro atoms. The van der Waals surface area contributed by atoms with Gasteiger partial charge in [-0.15, -0.1) is 0 Å². The number of hydrogen-bond acceptors (Lipinski definition) is 2. The maximum atomic E-state index is 13.9. The Labute approximate surface area is 145 Å². The molecule has 0 aliphatic heterocycles. The predicted octanol–water partition coefficient (Wildman–Crippen LogP) is 3.96. The van der Waals surface area contributed by atoms with E-state index in [4.69, 9.17) is 0 Å². The first-order chi connectivity index (χ1) is 11.8. The minimum atomic E-state index is -0.842. The van der Waals surface area contributed by atoms with Crippen LogP contribution in [0.4, 0.5) is 20.2 Å². The largest absolute Gasteiger partial charge is 0.326 e. The van der Waals surface area contributed by atoms with E-state index < -0.39 is 23.2 Å². The quantitative estimate of drug-likeness (QED) is 0.891. The van der Waals surface area contributed by atoms with Crippen molar-refractivity contribution in [2.75, 3.05) is 16.8 Å². The number of para-hydroxylation sites is 1. The average molecular weight is 346 g/mol. The molecule has 2 aromatic rings. The van der Waals surface area contributed by atoms with E-state index in [0.29, 0.717) is 5.69 Å². The summed E-state index contributed by atoms with van der Waals surface area (Å²) in [6.07, 6.45) is -0.0826. The van der Waals surface area contributed by atoms with E-state index in [1.54, 1.807) is 0 Å². The number of rotatable bonds is 5. The lowest BCUT2D eigenvalue weighted by Crippen LogP contribution is -2.33. The molecule has 1 N–H and O–H groups in total. The van der Waals surface area contributed by atoms with E-state index in [1.807, 2.05) is 32.0 Å². The van der Waals surface area contributed by atoms with Gasteiger partial charge >= 0.3 is 0 Å². The SMILES string of the molecule is CC(=O)N(CCC(=O)Nc1cc(C)ccc1C)c1c(F)cccc1F. The summed E-state index contributed by atoms with van der Waals surface area (Å²) in [4.78, 5) is 24.9. The third-order valence-corrected chi connectivity index (χ3v) is 3.82. The monoisotopic (exact) mass is 346 g/mol. The normalized spacial score (nSPS) is 10.4. The van der Waals surface area contributed by atoms with E-state index in [0.717, 1.165) is 28.2 Å². The van der Waals surface area contributed by atoms with Crippen LogP contribution in [0.25, 0.3) is 0 Å². The van der Waals surface area contributed by atoms with Crippen LogP contribution in [0.2, 0.25) is 0 Å². The Balaban J connectivity index is 2.10. The maximum Gasteiger partial charge on any atom is 0.226 e. The molecule has 0 heterocycles. The molecule has 6 heteroatoms. The van der Waals surface area contributed by atoms with E-state index >= 15 is 0 Å². The van der Waals surface area contributed by atoms with E-state index in [-0.39, 0.29) is 18.9 Å². The first kappa shape index (κ1) is 18.6. The Morgan fingerprint density at radius 1 is 1.08 bits per heavy atom. The Kier molecular flexibility index (Phi) is 5.85. The Bertz CT molecular complexity index is 786. The van der Waals surface area contributed by atoms with Gasteiger partial charge in [-0.3, -0.25) is 9.59 Å². The van der Waals surface area contributed by atoms with Crippen molar-refractivity contribution >= 4 is 23.2 Å². The molecular weight excluding hydrogens is 326 g/mol. The summed E-state index contributed by atoms with van der Waals surface area (Å²) in [7, 11) is 0. The van der Waals surface area contributed by atoms with Gasteiger partial charge < -0.3 is 10.2 Å². The first-order valence-corrected chi connectivity index (χ1v) is 7.89. The molecule has 0 unspecified atom stereocenters. The number of carbonyl (C=O) groups excluding carboxylic acids is 2. The van der Waals surface area contributed by atoms with Gasteiger partial charge in [-0.25, -0.2) is 8.78 Å². The fraction of sp³-hybridized carbons (Fsp3) is 0.263. The zero-order valence-electron chi connectivity index (χ0n) is 14.4. The first-order valence-electron chi connectivity index (χ1n) is 7.89. The molecule has 4 nitrogen and oxygen atoms in total. The van der Waals surface area contributed by atoms with Crippen molar-refractivity contribution in [1.82, 2.24) is 0 Å². The minimum absolute atomic E-state index is 0.0826. The highest BCUT2D eigenvalue weighted by molar-refractivity contribution is 5.95. The van der Waals surface area contributed by atoms with Gasteiger partial charge in [0.15, 0.2) is 0 Å². The number of aryl methyl sites for hydroxylation is 2. The molecule has 0 aliphatic rings. The molecule has 0 bridgehead atoms. The third kappa shape index (κ3) is 4.62. The van der Waals surface area contributed by atoms with Crippen LogP contribution < -0.4 is 10.2 Å². The third-order valence-electron chi connectivity index (χ3n) is 3.82. The van der Waals surface area contributed by atoms with E-state index in [1.165, 1.54) is 13.0 Å². The van der Waals surface area contributed by atoms with Gasteiger partial charge in [0.2, 0.25) is 11.8 Å². The van der Waals surface area contributed by atoms with Crippen molar-refractivity contribution in [3.05, 3.63) is 59.2 Å². The average Bonchev–Trinajstić information content (AvgIpc) is 2.53. The topological polar surface area (TPSA) is 49.4 Å². The Morgan fingerprint density at radius 3 is 2.32 bits per heavy atom. The predicted molar refractivity (Wildman–Crippen MR) is 93.5 cm³/mol. The molecule has 0 radical (unpaired) electrons.